The third-order valence-electron chi connectivity index (χ3n) is 10.6. The first kappa shape index (κ1) is 33.5. The summed E-state index contributed by atoms with van der Waals surface area (Å²) >= 11 is 0. The van der Waals surface area contributed by atoms with Crippen molar-refractivity contribution in [3.05, 3.63) is 147 Å². The Kier molecular flexibility index (Phi) is 8.22. The number of aromatic hydroxyl groups is 1. The van der Waals surface area contributed by atoms with Crippen molar-refractivity contribution in [1.82, 2.24) is 20.6 Å². The summed E-state index contributed by atoms with van der Waals surface area (Å²) in [4.78, 5) is 32.5. The van der Waals surface area contributed by atoms with Crippen molar-refractivity contribution in [2.75, 3.05) is 11.5 Å². The topological polar surface area (TPSA) is 201 Å². The van der Waals surface area contributed by atoms with Crippen LogP contribution < -0.4 is 22.1 Å². The van der Waals surface area contributed by atoms with Gasteiger partial charge in [-0.05, 0) is 53.1 Å². The van der Waals surface area contributed by atoms with Crippen molar-refractivity contribution in [1.29, 1.82) is 0 Å². The van der Waals surface area contributed by atoms with Gasteiger partial charge in [0.15, 0.2) is 12.2 Å². The van der Waals surface area contributed by atoms with Crippen molar-refractivity contribution in [2.24, 2.45) is 0 Å². The predicted octanol–water partition coefficient (Wildman–Crippen LogP) is 5.57. The molecule has 0 saturated carbocycles. The molecule has 12 heteroatoms. The van der Waals surface area contributed by atoms with Crippen LogP contribution in [-0.4, -0.2) is 38.2 Å². The number of fused-ring (bicyclic) bond motifs is 3. The molecule has 0 amide bonds. The monoisotopic (exact) mass is 722 g/mol. The second-order valence-electron chi connectivity index (χ2n) is 14.0. The zero-order valence-electron chi connectivity index (χ0n) is 29.1. The van der Waals surface area contributed by atoms with Gasteiger partial charge < -0.3 is 51.8 Å². The van der Waals surface area contributed by atoms with E-state index < -0.39 is 24.3 Å². The quantitative estimate of drug-likeness (QED) is 0.0653. The maximum Gasteiger partial charge on any atom is 0.339 e. The predicted molar refractivity (Wildman–Crippen MR) is 204 cm³/mol. The minimum absolute atomic E-state index is 0.0638. The second kappa shape index (κ2) is 13.3. The van der Waals surface area contributed by atoms with Crippen LogP contribution in [0.2, 0.25) is 0 Å². The van der Waals surface area contributed by atoms with Gasteiger partial charge in [0.05, 0.1) is 39.6 Å². The van der Waals surface area contributed by atoms with Crippen LogP contribution >= 0.6 is 0 Å². The maximum absolute atomic E-state index is 12.8. The highest BCUT2D eigenvalue weighted by atomic mass is 16.6. The fraction of sp³-hybridized carbons (Fsp3) is 0.190. The number of esters is 2. The maximum atomic E-state index is 12.8. The lowest BCUT2D eigenvalue weighted by molar-refractivity contribution is -0.139. The highest BCUT2D eigenvalue weighted by Gasteiger charge is 2.39. The summed E-state index contributed by atoms with van der Waals surface area (Å²) in [5.74, 6) is -0.752. The molecule has 9 rings (SSSR count). The molecule has 2 aromatic heterocycles. The standard InChI is InChI=1S/C42H38N6O6/c43-31-5-1-3-27-35(39-29-15-23(49)11-13-25(29)41(51)53-39)33(47-37(27)31)19-45-17-21-7-9-22(10-8-21)18-46-20-34-36(28-4-2-6-32(44)38(28)48-34)40-30-16-24(50)12-14-26(30)42(52)54-40/h1-15,24,39-40,45-50H,16-20,43-44H2. The number of benzene rings is 4. The normalized spacial score (nSPS) is 19.1. The molecule has 12 nitrogen and oxygen atoms in total. The van der Waals surface area contributed by atoms with E-state index >= 15 is 0 Å². The average molecular weight is 723 g/mol. The number of aliphatic hydroxyl groups is 1. The second-order valence-corrected chi connectivity index (χ2v) is 14.0. The van der Waals surface area contributed by atoms with Crippen LogP contribution in [0.4, 0.5) is 11.4 Å². The number of phenols is 1. The smallest absolute Gasteiger partial charge is 0.339 e. The summed E-state index contributed by atoms with van der Waals surface area (Å²) in [7, 11) is 0. The minimum atomic E-state index is -0.684. The molecule has 3 atom stereocenters. The molecular formula is C42H38N6O6. The van der Waals surface area contributed by atoms with Gasteiger partial charge in [-0.1, -0.05) is 54.6 Å². The number of anilines is 2. The van der Waals surface area contributed by atoms with Gasteiger partial charge in [0, 0.05) is 71.5 Å². The number of aromatic amines is 2. The van der Waals surface area contributed by atoms with Gasteiger partial charge in [0.2, 0.25) is 0 Å². The molecule has 54 heavy (non-hydrogen) atoms. The summed E-state index contributed by atoms with van der Waals surface area (Å²) in [5.41, 5.74) is 23.3. The number of cyclic esters (lactones) is 2. The lowest BCUT2D eigenvalue weighted by Crippen LogP contribution is -2.17. The summed E-state index contributed by atoms with van der Waals surface area (Å²) < 4.78 is 11.8. The van der Waals surface area contributed by atoms with E-state index in [1.54, 1.807) is 24.3 Å². The fourth-order valence-corrected chi connectivity index (χ4v) is 7.99. The Labute approximate surface area is 309 Å². The number of carbonyl (C=O) groups is 2. The number of ether oxygens (including phenoxy) is 2. The Morgan fingerprint density at radius 2 is 1.30 bits per heavy atom. The molecule has 1 aliphatic carbocycles. The molecule has 4 aromatic carbocycles. The largest absolute Gasteiger partial charge is 0.508 e. The number of rotatable bonds is 10. The van der Waals surface area contributed by atoms with Crippen LogP contribution in [0.5, 0.6) is 5.75 Å². The molecule has 0 fully saturated rings. The molecule has 0 bridgehead atoms. The lowest BCUT2D eigenvalue weighted by Gasteiger charge is -2.19. The molecular weight excluding hydrogens is 684 g/mol. The van der Waals surface area contributed by atoms with Crippen LogP contribution in [0.1, 0.15) is 68.2 Å². The van der Waals surface area contributed by atoms with Crippen molar-refractivity contribution in [3.8, 4) is 5.75 Å². The van der Waals surface area contributed by atoms with E-state index in [1.165, 1.54) is 6.07 Å². The number of nitrogen functional groups attached to an aromatic ring is 2. The molecule has 2 aliphatic heterocycles. The highest BCUT2D eigenvalue weighted by Crippen LogP contribution is 2.45. The molecule has 3 aliphatic rings. The summed E-state index contributed by atoms with van der Waals surface area (Å²) in [6.45, 7) is 2.10. The Balaban J connectivity index is 0.882. The van der Waals surface area contributed by atoms with Crippen molar-refractivity contribution >= 4 is 45.1 Å². The number of hydrogen-bond acceptors (Lipinski definition) is 10. The van der Waals surface area contributed by atoms with Crippen LogP contribution in [0, 0.1) is 0 Å². The number of nitrogens with one attached hydrogen (secondary N) is 4. The van der Waals surface area contributed by atoms with Crippen molar-refractivity contribution in [2.45, 2.75) is 50.9 Å². The number of H-pyrrole nitrogens is 2. The zero-order valence-corrected chi connectivity index (χ0v) is 29.1. The van der Waals surface area contributed by atoms with Crippen molar-refractivity contribution in [3.63, 3.8) is 0 Å². The van der Waals surface area contributed by atoms with Crippen molar-refractivity contribution < 1.29 is 29.3 Å². The number of aliphatic hydroxyl groups excluding tert-OH is 1. The summed E-state index contributed by atoms with van der Waals surface area (Å²) in [6, 6.07) is 24.3. The molecule has 4 heterocycles. The van der Waals surface area contributed by atoms with Crippen LogP contribution in [-0.2, 0) is 40.4 Å². The molecule has 3 unspecified atom stereocenters. The Morgan fingerprint density at radius 1 is 0.722 bits per heavy atom. The molecule has 0 saturated heterocycles. The van der Waals surface area contributed by atoms with E-state index in [0.717, 1.165) is 61.0 Å². The van der Waals surface area contributed by atoms with Gasteiger partial charge in [-0.15, -0.1) is 0 Å². The van der Waals surface area contributed by atoms with E-state index in [4.69, 9.17) is 20.9 Å². The highest BCUT2D eigenvalue weighted by molar-refractivity contribution is 6.00. The molecule has 272 valence electrons. The minimum Gasteiger partial charge on any atom is -0.508 e. The van der Waals surface area contributed by atoms with Gasteiger partial charge in [-0.2, -0.15) is 0 Å². The fourth-order valence-electron chi connectivity index (χ4n) is 7.99. The van der Waals surface area contributed by atoms with Gasteiger partial charge in [-0.3, -0.25) is 0 Å². The Hall–Kier alpha value is -6.34. The number of nitrogens with two attached hydrogens (primary N) is 2. The number of phenolic OH excluding ortho intramolecular Hbond substituents is 1. The van der Waals surface area contributed by atoms with Crippen LogP contribution in [0.3, 0.4) is 0 Å². The molecule has 10 N–H and O–H groups in total. The Bertz CT molecular complexity index is 2550. The van der Waals surface area contributed by atoms with E-state index in [2.05, 4.69) is 44.9 Å². The molecule has 0 radical (unpaired) electrons. The van der Waals surface area contributed by atoms with Gasteiger partial charge in [-0.25, -0.2) is 9.59 Å². The van der Waals surface area contributed by atoms with Crippen LogP contribution in [0.25, 0.3) is 21.8 Å². The van der Waals surface area contributed by atoms with E-state index in [-0.39, 0.29) is 11.7 Å². The number of hydrogen-bond donors (Lipinski definition) is 8. The van der Waals surface area contributed by atoms with Gasteiger partial charge in [0.25, 0.3) is 0 Å². The molecule has 6 aromatic rings. The SMILES string of the molecule is Nc1cccc2c(C3OC(=O)C4=C3CC(O)C=C4)c(CNCc3ccc(CNCc4[nH]c5c(N)cccc5c4C4OC(=O)c5ccc(O)cc54)cc3)[nH]c12. The van der Waals surface area contributed by atoms with E-state index in [9.17, 15) is 19.8 Å². The zero-order chi connectivity index (χ0) is 37.1. The van der Waals surface area contributed by atoms with Gasteiger partial charge >= 0.3 is 11.9 Å². The number of para-hydroxylation sites is 2. The summed E-state index contributed by atoms with van der Waals surface area (Å²) in [5, 5.41) is 29.3. The third kappa shape index (κ3) is 5.77. The number of carbonyl (C=O) groups excluding carboxylic acids is 2. The average Bonchev–Trinajstić information content (AvgIpc) is 3.90. The molecule has 0 spiro atoms. The number of aromatic nitrogens is 2. The van der Waals surface area contributed by atoms with Gasteiger partial charge in [0.1, 0.15) is 5.75 Å². The third-order valence-corrected chi connectivity index (χ3v) is 10.6. The first-order valence-corrected chi connectivity index (χ1v) is 17.8. The summed E-state index contributed by atoms with van der Waals surface area (Å²) in [6.07, 6.45) is 1.65. The first-order valence-electron chi connectivity index (χ1n) is 17.8. The first-order chi connectivity index (χ1) is 26.2. The van der Waals surface area contributed by atoms with E-state index in [1.807, 2.05) is 36.4 Å². The van der Waals surface area contributed by atoms with Crippen LogP contribution in [0.15, 0.2) is 102 Å². The lowest BCUT2D eigenvalue weighted by atomic mass is 9.89. The van der Waals surface area contributed by atoms with E-state index in [0.29, 0.717) is 60.7 Å². The Morgan fingerprint density at radius 3 is 1.91 bits per heavy atom.